The molecule has 0 aromatic heterocycles. The predicted octanol–water partition coefficient (Wildman–Crippen LogP) is 2.41. The predicted molar refractivity (Wildman–Crippen MR) is 59.2 cm³/mol. The highest BCUT2D eigenvalue weighted by Crippen LogP contribution is 2.12. The maximum absolute atomic E-state index is 4.27. The highest BCUT2D eigenvalue weighted by atomic mass is 127. The lowest BCUT2D eigenvalue weighted by Crippen LogP contribution is -1.87. The van der Waals surface area contributed by atoms with E-state index in [1.54, 1.807) is 0 Å². The number of hydrogen-bond acceptors (Lipinski definition) is 2. The summed E-state index contributed by atoms with van der Waals surface area (Å²) in [6.45, 7) is 0.744. The molecule has 0 saturated heterocycles. The van der Waals surface area contributed by atoms with Crippen molar-refractivity contribution in [2.75, 3.05) is 0 Å². The Kier molecular flexibility index (Phi) is 2.21. The molecule has 60 valence electrons. The Labute approximate surface area is 84.6 Å². The summed E-state index contributed by atoms with van der Waals surface area (Å²) < 4.78 is 0.823. The van der Waals surface area contributed by atoms with Gasteiger partial charge in [0.05, 0.1) is 6.54 Å². The summed E-state index contributed by atoms with van der Waals surface area (Å²) >= 11 is 2.13. The fourth-order valence-corrected chi connectivity index (χ4v) is 1.43. The molecule has 2 nitrogen and oxygen atoms in total. The molecule has 1 aromatic rings. The molecule has 0 spiro atoms. The summed E-state index contributed by atoms with van der Waals surface area (Å²) in [5.74, 6) is 0. The van der Waals surface area contributed by atoms with Gasteiger partial charge in [0, 0.05) is 28.8 Å². The second-order valence-corrected chi connectivity index (χ2v) is 3.51. The van der Waals surface area contributed by atoms with Crippen molar-refractivity contribution in [2.45, 2.75) is 6.54 Å². The lowest BCUT2D eigenvalue weighted by molar-refractivity contribution is 1.07. The van der Waals surface area contributed by atoms with Crippen LogP contribution in [-0.2, 0) is 6.54 Å². The summed E-state index contributed by atoms with van der Waals surface area (Å²) in [6.07, 6.45) is 1.87. The van der Waals surface area contributed by atoms with Gasteiger partial charge in [-0.15, -0.1) is 0 Å². The summed E-state index contributed by atoms with van der Waals surface area (Å²) in [5.41, 5.74) is 2.42. The second kappa shape index (κ2) is 3.35. The van der Waals surface area contributed by atoms with Crippen molar-refractivity contribution in [1.82, 2.24) is 0 Å². The molecule has 0 saturated carbocycles. The van der Waals surface area contributed by atoms with E-state index in [2.05, 4.69) is 44.7 Å². The van der Waals surface area contributed by atoms with E-state index in [4.69, 9.17) is 0 Å². The van der Waals surface area contributed by atoms with Crippen molar-refractivity contribution in [3.63, 3.8) is 0 Å². The molecule has 1 aliphatic rings. The normalized spacial score (nSPS) is 14.9. The SMILES string of the molecule is IC1=NCc2ccccc2C=N1. The number of halogens is 1. The van der Waals surface area contributed by atoms with Crippen LogP contribution in [0.25, 0.3) is 0 Å². The second-order valence-electron chi connectivity index (χ2n) is 2.54. The molecule has 3 heteroatoms. The third-order valence-corrected chi connectivity index (χ3v) is 2.36. The number of nitrogens with zero attached hydrogens (tertiary/aromatic N) is 2. The molecule has 0 aliphatic carbocycles. The van der Waals surface area contributed by atoms with Crippen molar-refractivity contribution in [3.05, 3.63) is 35.4 Å². The number of benzene rings is 1. The van der Waals surface area contributed by atoms with Crippen LogP contribution in [0, 0.1) is 0 Å². The third kappa shape index (κ3) is 1.55. The average Bonchev–Trinajstić information content (AvgIpc) is 2.29. The van der Waals surface area contributed by atoms with Crippen LogP contribution in [0.4, 0.5) is 0 Å². The van der Waals surface area contributed by atoms with Gasteiger partial charge in [0.2, 0.25) is 0 Å². The maximum Gasteiger partial charge on any atom is 0.186 e. The van der Waals surface area contributed by atoms with Crippen LogP contribution in [0.15, 0.2) is 34.3 Å². The van der Waals surface area contributed by atoms with Crippen molar-refractivity contribution >= 4 is 32.6 Å². The Bertz CT molecular complexity index is 355. The topological polar surface area (TPSA) is 24.7 Å². The average molecular weight is 270 g/mol. The van der Waals surface area contributed by atoms with Gasteiger partial charge in [0.25, 0.3) is 0 Å². The molecule has 0 N–H and O–H groups in total. The first-order valence-corrected chi connectivity index (χ1v) is 4.76. The molecule has 0 amide bonds. The third-order valence-electron chi connectivity index (χ3n) is 1.75. The van der Waals surface area contributed by atoms with Crippen LogP contribution in [0.2, 0.25) is 0 Å². The smallest absolute Gasteiger partial charge is 0.186 e. The number of rotatable bonds is 0. The van der Waals surface area contributed by atoms with Crippen LogP contribution in [-0.4, -0.2) is 10.1 Å². The summed E-state index contributed by atoms with van der Waals surface area (Å²) in [4.78, 5) is 8.45. The molecule has 1 heterocycles. The quantitative estimate of drug-likeness (QED) is 0.511. The number of hydrogen-bond donors (Lipinski definition) is 0. The summed E-state index contributed by atoms with van der Waals surface area (Å²) in [6, 6.07) is 8.19. The van der Waals surface area contributed by atoms with Gasteiger partial charge in [-0.1, -0.05) is 24.3 Å². The van der Waals surface area contributed by atoms with Crippen LogP contribution in [0.3, 0.4) is 0 Å². The van der Waals surface area contributed by atoms with Gasteiger partial charge in [-0.2, -0.15) is 0 Å². The first kappa shape index (κ1) is 7.91. The van der Waals surface area contributed by atoms with E-state index >= 15 is 0 Å². The number of aliphatic imine (C=N–C) groups is 2. The van der Waals surface area contributed by atoms with Gasteiger partial charge in [-0.05, 0) is 11.1 Å². The molecule has 1 aromatic carbocycles. The molecule has 0 bridgehead atoms. The van der Waals surface area contributed by atoms with Gasteiger partial charge in [0.1, 0.15) is 0 Å². The molecule has 0 fully saturated rings. The summed E-state index contributed by atoms with van der Waals surface area (Å²) in [7, 11) is 0. The van der Waals surface area contributed by atoms with Crippen LogP contribution < -0.4 is 0 Å². The van der Waals surface area contributed by atoms with Gasteiger partial charge >= 0.3 is 0 Å². The highest BCUT2D eigenvalue weighted by Gasteiger charge is 2.01. The van der Waals surface area contributed by atoms with E-state index < -0.39 is 0 Å². The Morgan fingerprint density at radius 1 is 1.25 bits per heavy atom. The van der Waals surface area contributed by atoms with Crippen molar-refractivity contribution in [3.8, 4) is 0 Å². The molecule has 0 radical (unpaired) electrons. The van der Waals surface area contributed by atoms with Crippen molar-refractivity contribution in [2.24, 2.45) is 9.98 Å². The zero-order chi connectivity index (χ0) is 8.39. The van der Waals surface area contributed by atoms with E-state index in [1.807, 2.05) is 18.3 Å². The Morgan fingerprint density at radius 2 is 2.08 bits per heavy atom. The van der Waals surface area contributed by atoms with E-state index in [0.29, 0.717) is 0 Å². The Morgan fingerprint density at radius 3 is 3.00 bits per heavy atom. The van der Waals surface area contributed by atoms with E-state index in [1.165, 1.54) is 11.1 Å². The maximum atomic E-state index is 4.27. The Balaban J connectivity index is 2.48. The zero-order valence-electron chi connectivity index (χ0n) is 6.37. The minimum atomic E-state index is 0.744. The number of fused-ring (bicyclic) bond motifs is 1. The molecule has 2 rings (SSSR count). The first-order chi connectivity index (χ1) is 5.86. The number of amidine groups is 1. The van der Waals surface area contributed by atoms with Crippen molar-refractivity contribution in [1.29, 1.82) is 0 Å². The lowest BCUT2D eigenvalue weighted by atomic mass is 10.1. The first-order valence-electron chi connectivity index (χ1n) is 3.68. The largest absolute Gasteiger partial charge is 0.256 e. The van der Waals surface area contributed by atoms with Gasteiger partial charge in [-0.3, -0.25) is 4.99 Å². The van der Waals surface area contributed by atoms with Crippen molar-refractivity contribution < 1.29 is 0 Å². The van der Waals surface area contributed by atoms with Crippen LogP contribution in [0.5, 0.6) is 0 Å². The fraction of sp³-hybridized carbons (Fsp3) is 0.111. The van der Waals surface area contributed by atoms with Crippen LogP contribution >= 0.6 is 22.6 Å². The van der Waals surface area contributed by atoms with Gasteiger partial charge in [-0.25, -0.2) is 4.99 Å². The molecule has 0 atom stereocenters. The fourth-order valence-electron chi connectivity index (χ4n) is 1.12. The van der Waals surface area contributed by atoms with E-state index in [-0.39, 0.29) is 0 Å². The van der Waals surface area contributed by atoms with E-state index in [0.717, 1.165) is 10.4 Å². The Hall–Kier alpha value is -0.710. The minimum absolute atomic E-state index is 0.744. The molecule has 1 aliphatic heterocycles. The summed E-state index contributed by atoms with van der Waals surface area (Å²) in [5, 5.41) is 0. The monoisotopic (exact) mass is 270 g/mol. The minimum Gasteiger partial charge on any atom is -0.256 e. The highest BCUT2D eigenvalue weighted by molar-refractivity contribution is 14.1. The zero-order valence-corrected chi connectivity index (χ0v) is 8.52. The van der Waals surface area contributed by atoms with Gasteiger partial charge in [0.15, 0.2) is 3.84 Å². The van der Waals surface area contributed by atoms with Crippen LogP contribution in [0.1, 0.15) is 11.1 Å². The van der Waals surface area contributed by atoms with Gasteiger partial charge < -0.3 is 0 Å². The molecule has 12 heavy (non-hydrogen) atoms. The molecule has 0 unspecified atom stereocenters. The van der Waals surface area contributed by atoms with E-state index in [9.17, 15) is 0 Å². The lowest BCUT2D eigenvalue weighted by Gasteiger charge is -1.97. The standard InChI is InChI=1S/C9H7IN2/c10-9-11-5-7-3-1-2-4-8(7)6-12-9/h1-5H,6H2. The molecular formula is C9H7IN2. The molecular weight excluding hydrogens is 263 g/mol.